The Kier molecular flexibility index (Phi) is 16.5. The molecule has 0 bridgehead atoms. The predicted octanol–water partition coefficient (Wildman–Crippen LogP) is 6.20. The van der Waals surface area contributed by atoms with Crippen LogP contribution >= 0.6 is 45.1 Å². The number of anilines is 1. The number of aromatic carboxylic acids is 1. The summed E-state index contributed by atoms with van der Waals surface area (Å²) < 4.78 is 64.4. The molecule has 2 heterocycles. The van der Waals surface area contributed by atoms with Crippen LogP contribution in [-0.2, 0) is 36.3 Å². The fourth-order valence-corrected chi connectivity index (χ4v) is 11.9. The molecule has 338 valence electrons. The van der Waals surface area contributed by atoms with Crippen molar-refractivity contribution in [2.75, 3.05) is 37.5 Å². The van der Waals surface area contributed by atoms with E-state index in [4.69, 9.17) is 28.2 Å². The SMILES string of the molecule is B[C@H]1CC(OCSSC(C)(C)CNC(=O)c2ccc(-c3c4cc(C)/c(=N\CC)cc-4oc4cc(NCC)c(C)cc34)c(C(=O)O)c2)[C@@H](COP(=O)(O)OP(=O)(O)OP(=O)(O)O)O1. The zero-order chi connectivity index (χ0) is 45.8. The second-order valence-electron chi connectivity index (χ2n) is 14.9. The topological polar surface area (TPSA) is 282 Å². The number of carbonyl (C=O) groups is 2. The number of carboxylic acid groups (broad SMARTS) is 1. The molecule has 19 nitrogen and oxygen atoms in total. The summed E-state index contributed by atoms with van der Waals surface area (Å²) in [6.45, 7) is 12.4. The molecule has 2 aromatic rings. The van der Waals surface area contributed by atoms with Gasteiger partial charge < -0.3 is 49.2 Å². The first-order chi connectivity index (χ1) is 28.9. The van der Waals surface area contributed by atoms with Gasteiger partial charge in [0, 0.05) is 70.3 Å². The maximum atomic E-state index is 13.5. The van der Waals surface area contributed by atoms with Crippen molar-refractivity contribution in [2.24, 2.45) is 4.99 Å². The molecule has 0 saturated carbocycles. The van der Waals surface area contributed by atoms with Crippen molar-refractivity contribution in [1.29, 1.82) is 0 Å². The Bertz CT molecular complexity index is 2500. The van der Waals surface area contributed by atoms with Crippen molar-refractivity contribution in [1.82, 2.24) is 5.32 Å². The van der Waals surface area contributed by atoms with Gasteiger partial charge >= 0.3 is 29.4 Å². The van der Waals surface area contributed by atoms with Crippen molar-refractivity contribution < 1.29 is 75.0 Å². The molecule has 1 fully saturated rings. The van der Waals surface area contributed by atoms with Gasteiger partial charge in [0.2, 0.25) is 0 Å². The summed E-state index contributed by atoms with van der Waals surface area (Å²) >= 11 is 0. The van der Waals surface area contributed by atoms with E-state index in [2.05, 4.69) is 24.2 Å². The number of carbonyl (C=O) groups excluding carboxylic acids is 1. The molecular weight excluding hydrogens is 910 g/mol. The van der Waals surface area contributed by atoms with Crippen LogP contribution in [0.2, 0.25) is 0 Å². The highest BCUT2D eigenvalue weighted by atomic mass is 33.1. The van der Waals surface area contributed by atoms with Crippen LogP contribution in [0.15, 0.2) is 51.9 Å². The Morgan fingerprint density at radius 3 is 2.37 bits per heavy atom. The van der Waals surface area contributed by atoms with Gasteiger partial charge in [0.15, 0.2) is 0 Å². The number of phosphoric acid groups is 3. The van der Waals surface area contributed by atoms with Crippen molar-refractivity contribution in [2.45, 2.75) is 70.9 Å². The number of rotatable bonds is 20. The number of nitrogens with zero attached hydrogens (tertiary/aromatic N) is 1. The van der Waals surface area contributed by atoms with Crippen molar-refractivity contribution >= 4 is 81.4 Å². The fraction of sp³-hybridized carbons (Fsp3) is 0.432. The Morgan fingerprint density at radius 1 is 0.984 bits per heavy atom. The normalized spacial score (nSPS) is 19.4. The number of hydrogen-bond donors (Lipinski definition) is 7. The zero-order valence-electron chi connectivity index (χ0n) is 34.8. The lowest BCUT2D eigenvalue weighted by Crippen LogP contribution is -2.36. The van der Waals surface area contributed by atoms with Crippen LogP contribution in [0.1, 0.15) is 66.0 Å². The largest absolute Gasteiger partial charge is 0.490 e. The average molecular weight is 960 g/mol. The van der Waals surface area contributed by atoms with Crippen LogP contribution in [0, 0.1) is 13.8 Å². The molecule has 7 N–H and O–H groups in total. The molecule has 25 heteroatoms. The van der Waals surface area contributed by atoms with Crippen LogP contribution < -0.4 is 16.0 Å². The lowest BCUT2D eigenvalue weighted by atomic mass is 9.88. The number of hydrogen-bond acceptors (Lipinski definition) is 15. The second-order valence-corrected chi connectivity index (χ2v) is 22.3. The standard InChI is InChI=1S/C37H49BN3O16P3S2/c1-7-39-27-14-29-25(11-20(27)3)34(26-12-21(4)28(40-8-2)15-30(26)54-29)23-10-9-22(13-24(23)36(43)44)35(42)41-18-37(5,6)62-61-19-52-31-16-33(38)55-32(31)17-53-59(48,49)57-60(50,51)56-58(45,46)47/h9-15,31-33,39H,7-8,16-19,38H2,1-6H3,(H,41,42)(H,43,44)(H,48,49)(H,50,51)(H2,45,46,47)/b40-28-/t31?,32-,33-/m1/s1. The molecule has 2 aliphatic heterocycles. The van der Waals surface area contributed by atoms with E-state index in [1.165, 1.54) is 27.7 Å². The first kappa shape index (κ1) is 50.0. The monoisotopic (exact) mass is 959 g/mol. The first-order valence-corrected chi connectivity index (χ1v) is 26.0. The smallest absolute Gasteiger partial charge is 0.478 e. The van der Waals surface area contributed by atoms with Crippen LogP contribution in [0.5, 0.6) is 0 Å². The minimum atomic E-state index is -5.67. The maximum Gasteiger partial charge on any atom is 0.490 e. The highest BCUT2D eigenvalue weighted by Gasteiger charge is 2.42. The highest BCUT2D eigenvalue weighted by Crippen LogP contribution is 2.66. The van der Waals surface area contributed by atoms with E-state index < -0.39 is 58.9 Å². The zero-order valence-corrected chi connectivity index (χ0v) is 39.2. The van der Waals surface area contributed by atoms with Gasteiger partial charge in [-0.05, 0) is 88.9 Å². The third-order valence-corrected chi connectivity index (χ3v) is 16.1. The number of ether oxygens (including phenoxy) is 2. The number of fused-ring (bicyclic) bond motifs is 2. The quantitative estimate of drug-likeness (QED) is 0.0130. The van der Waals surface area contributed by atoms with Gasteiger partial charge in [-0.1, -0.05) is 27.7 Å². The number of benzene rings is 3. The fourth-order valence-electron chi connectivity index (χ4n) is 6.72. The van der Waals surface area contributed by atoms with Crippen LogP contribution in [0.4, 0.5) is 5.69 Å². The summed E-state index contributed by atoms with van der Waals surface area (Å²) in [5, 5.41) is 18.3. The van der Waals surface area contributed by atoms with E-state index >= 15 is 0 Å². The van der Waals surface area contributed by atoms with Crippen LogP contribution in [-0.4, -0.2) is 99.5 Å². The van der Waals surface area contributed by atoms with E-state index in [9.17, 15) is 38.2 Å². The molecular formula is C37H49BN3O16P3S2. The van der Waals surface area contributed by atoms with Gasteiger partial charge in [0.1, 0.15) is 31.2 Å². The number of nitrogens with one attached hydrogen (secondary N) is 2. The van der Waals surface area contributed by atoms with Crippen LogP contribution in [0.25, 0.3) is 33.4 Å². The molecule has 0 aromatic heterocycles. The first-order valence-electron chi connectivity index (χ1n) is 19.2. The summed E-state index contributed by atoms with van der Waals surface area (Å²) in [5.74, 6) is -1.04. The summed E-state index contributed by atoms with van der Waals surface area (Å²) in [5.41, 5.74) is 5.15. The van der Waals surface area contributed by atoms with Gasteiger partial charge in [0.25, 0.3) is 5.91 Å². The Labute approximate surface area is 366 Å². The summed E-state index contributed by atoms with van der Waals surface area (Å²) in [6, 6.07) is 12.0. The van der Waals surface area contributed by atoms with E-state index in [1.54, 1.807) is 20.0 Å². The van der Waals surface area contributed by atoms with Gasteiger partial charge in [-0.15, -0.1) is 0 Å². The van der Waals surface area contributed by atoms with E-state index in [1.807, 2.05) is 65.8 Å². The van der Waals surface area contributed by atoms with Crippen molar-refractivity contribution in [3.63, 3.8) is 0 Å². The Hall–Kier alpha value is -3.04. The lowest BCUT2D eigenvalue weighted by molar-refractivity contribution is -0.0237. The third kappa shape index (κ3) is 13.3. The van der Waals surface area contributed by atoms with E-state index in [0.717, 1.165) is 22.2 Å². The molecule has 1 saturated heterocycles. The van der Waals surface area contributed by atoms with Gasteiger partial charge in [0.05, 0.1) is 23.6 Å². The minimum absolute atomic E-state index is 0.0632. The summed E-state index contributed by atoms with van der Waals surface area (Å²) in [6.07, 6.45) is -1.19. The molecule has 5 rings (SSSR count). The van der Waals surface area contributed by atoms with Gasteiger partial charge in [-0.25, -0.2) is 18.5 Å². The molecule has 0 radical (unpaired) electrons. The van der Waals surface area contributed by atoms with Gasteiger partial charge in [-0.2, -0.15) is 8.62 Å². The van der Waals surface area contributed by atoms with Crippen molar-refractivity contribution in [3.05, 3.63) is 70.1 Å². The molecule has 1 aliphatic carbocycles. The molecule has 62 heavy (non-hydrogen) atoms. The molecule has 3 aliphatic rings. The molecule has 1 amide bonds. The number of carboxylic acids is 1. The molecule has 3 unspecified atom stereocenters. The van der Waals surface area contributed by atoms with E-state index in [0.29, 0.717) is 52.9 Å². The number of phosphoric ester groups is 1. The summed E-state index contributed by atoms with van der Waals surface area (Å²) in [7, 11) is -12.1. The number of amides is 1. The second kappa shape index (κ2) is 20.4. The minimum Gasteiger partial charge on any atom is -0.478 e. The number of aryl methyl sites for hydroxylation is 2. The molecule has 5 atom stereocenters. The Morgan fingerprint density at radius 2 is 1.71 bits per heavy atom. The molecule has 0 spiro atoms. The third-order valence-electron chi connectivity index (χ3n) is 9.35. The average Bonchev–Trinajstić information content (AvgIpc) is 3.52. The maximum absolute atomic E-state index is 13.5. The molecule has 2 aromatic carbocycles. The van der Waals surface area contributed by atoms with Crippen molar-refractivity contribution in [3.8, 4) is 22.5 Å². The summed E-state index contributed by atoms with van der Waals surface area (Å²) in [4.78, 5) is 67.7. The Balaban J connectivity index is 1.25. The lowest BCUT2D eigenvalue weighted by Gasteiger charge is -2.25. The highest BCUT2D eigenvalue weighted by molar-refractivity contribution is 8.77. The van der Waals surface area contributed by atoms with Crippen LogP contribution in [0.3, 0.4) is 0 Å². The van der Waals surface area contributed by atoms with E-state index in [-0.39, 0.29) is 29.6 Å². The van der Waals surface area contributed by atoms with Gasteiger partial charge in [-0.3, -0.25) is 14.3 Å². The predicted molar refractivity (Wildman–Crippen MR) is 238 cm³/mol.